The normalized spacial score (nSPS) is 28.9. The predicted octanol–water partition coefficient (Wildman–Crippen LogP) is 5.02. The van der Waals surface area contributed by atoms with Gasteiger partial charge in [0.15, 0.2) is 0 Å². The lowest BCUT2D eigenvalue weighted by Gasteiger charge is -2.55. The zero-order chi connectivity index (χ0) is 23.1. The summed E-state index contributed by atoms with van der Waals surface area (Å²) in [4.78, 5) is 40.4. The third-order valence-corrected chi connectivity index (χ3v) is 9.64. The molecule has 3 aliphatic carbocycles. The average molecular weight is 567 g/mol. The molecule has 5 nitrogen and oxygen atoms in total. The van der Waals surface area contributed by atoms with E-state index in [9.17, 15) is 14.4 Å². The van der Waals surface area contributed by atoms with Gasteiger partial charge >= 0.3 is 5.97 Å². The maximum Gasteiger partial charge on any atom is 0.308 e. The number of anilines is 1. The Morgan fingerprint density at radius 3 is 1.52 bits per heavy atom. The molecule has 0 aromatic heterocycles. The molecule has 7 heteroatoms. The maximum absolute atomic E-state index is 13.9. The minimum Gasteiger partial charge on any atom is -0.427 e. The summed E-state index contributed by atoms with van der Waals surface area (Å²) in [6.07, 6.45) is 0. The Morgan fingerprint density at radius 1 is 0.758 bits per heavy atom. The topological polar surface area (TPSA) is 63.7 Å². The summed E-state index contributed by atoms with van der Waals surface area (Å²) in [5.74, 6) is -1.83. The first kappa shape index (κ1) is 20.8. The zero-order valence-electron chi connectivity index (χ0n) is 17.4. The van der Waals surface area contributed by atoms with Crippen molar-refractivity contribution >= 4 is 55.3 Å². The molecule has 0 N–H and O–H groups in total. The van der Waals surface area contributed by atoms with Crippen LogP contribution in [0.3, 0.4) is 0 Å². The molecule has 2 atom stereocenters. The van der Waals surface area contributed by atoms with E-state index in [4.69, 9.17) is 4.74 Å². The summed E-state index contributed by atoms with van der Waals surface area (Å²) in [6.45, 7) is 1.32. The van der Waals surface area contributed by atoms with Crippen molar-refractivity contribution in [3.63, 3.8) is 0 Å². The van der Waals surface area contributed by atoms with Gasteiger partial charge in [-0.25, -0.2) is 4.90 Å². The van der Waals surface area contributed by atoms with E-state index in [1.165, 1.54) is 11.8 Å². The van der Waals surface area contributed by atoms with Gasteiger partial charge in [-0.1, -0.05) is 80.4 Å². The highest BCUT2D eigenvalue weighted by Crippen LogP contribution is 2.70. The lowest BCUT2D eigenvalue weighted by atomic mass is 9.54. The SMILES string of the molecule is CC(=O)Oc1ccc(N2C(=O)[C@@H]3[C@H](C2=O)C2(Br)c4ccccc4C3(Br)c3ccccc32)cc1. The molecule has 1 saturated heterocycles. The maximum atomic E-state index is 13.9. The first-order chi connectivity index (χ1) is 15.8. The fourth-order valence-corrected chi connectivity index (χ4v) is 8.05. The number of hydrogen-bond acceptors (Lipinski definition) is 4. The summed E-state index contributed by atoms with van der Waals surface area (Å²) in [6, 6.07) is 22.4. The number of benzene rings is 3. The first-order valence-corrected chi connectivity index (χ1v) is 12.1. The van der Waals surface area contributed by atoms with E-state index >= 15 is 0 Å². The van der Waals surface area contributed by atoms with Gasteiger partial charge in [0.25, 0.3) is 0 Å². The van der Waals surface area contributed by atoms with Crippen LogP contribution in [-0.4, -0.2) is 17.8 Å². The zero-order valence-corrected chi connectivity index (χ0v) is 20.6. The van der Waals surface area contributed by atoms with Crippen molar-refractivity contribution in [2.24, 2.45) is 11.8 Å². The van der Waals surface area contributed by atoms with Gasteiger partial charge in [0.1, 0.15) is 5.75 Å². The highest BCUT2D eigenvalue weighted by atomic mass is 79.9. The second-order valence-electron chi connectivity index (χ2n) is 8.57. The Labute approximate surface area is 207 Å². The minimum absolute atomic E-state index is 0.255. The van der Waals surface area contributed by atoms with Crippen molar-refractivity contribution in [3.8, 4) is 5.75 Å². The second-order valence-corrected chi connectivity index (χ2v) is 11.1. The Kier molecular flexibility index (Phi) is 4.33. The number of esters is 1. The molecule has 3 aromatic rings. The van der Waals surface area contributed by atoms with E-state index in [0.717, 1.165) is 22.3 Å². The van der Waals surface area contributed by atoms with Gasteiger partial charge < -0.3 is 4.74 Å². The Hall–Kier alpha value is -2.77. The predicted molar refractivity (Wildman–Crippen MR) is 130 cm³/mol. The van der Waals surface area contributed by atoms with Gasteiger partial charge in [0.2, 0.25) is 11.8 Å². The van der Waals surface area contributed by atoms with E-state index in [2.05, 4.69) is 31.9 Å². The van der Waals surface area contributed by atoms with Gasteiger partial charge in [0.05, 0.1) is 26.2 Å². The molecule has 1 heterocycles. The quantitative estimate of drug-likeness (QED) is 0.189. The van der Waals surface area contributed by atoms with Crippen LogP contribution >= 0.6 is 31.9 Å². The Bertz CT molecular complexity index is 1250. The van der Waals surface area contributed by atoms with E-state index < -0.39 is 26.5 Å². The van der Waals surface area contributed by atoms with Crippen LogP contribution in [-0.2, 0) is 23.0 Å². The molecule has 1 fully saturated rings. The highest BCUT2D eigenvalue weighted by Gasteiger charge is 2.72. The molecule has 1 aliphatic heterocycles. The Balaban J connectivity index is 1.54. The van der Waals surface area contributed by atoms with Gasteiger partial charge in [-0.2, -0.15) is 0 Å². The van der Waals surface area contributed by atoms with Crippen LogP contribution in [0, 0.1) is 11.8 Å². The number of ether oxygens (including phenoxy) is 1. The van der Waals surface area contributed by atoms with Crippen LogP contribution in [0.1, 0.15) is 29.2 Å². The number of carbonyl (C=O) groups is 3. The third-order valence-electron chi connectivity index (χ3n) is 6.94. The van der Waals surface area contributed by atoms with Crippen molar-refractivity contribution in [1.82, 2.24) is 0 Å². The lowest BCUT2D eigenvalue weighted by molar-refractivity contribution is -0.132. The van der Waals surface area contributed by atoms with Gasteiger partial charge in [-0.3, -0.25) is 14.4 Å². The fourth-order valence-electron chi connectivity index (χ4n) is 5.75. The molecule has 0 radical (unpaired) electrons. The molecule has 4 aliphatic rings. The summed E-state index contributed by atoms with van der Waals surface area (Å²) in [5, 5.41) is 0. The molecule has 164 valence electrons. The standard InChI is InChI=1S/C26H17Br2NO4/c1-14(30)33-16-12-10-15(11-13-16)29-23(31)21-22(24(29)32)26(28)18-7-3-2-6-17(18)25(21,27)19-8-4-5-9-20(19)26/h2-13,21-22H,1H3/t21-,22+,25?,26?. The van der Waals surface area contributed by atoms with E-state index in [1.54, 1.807) is 24.3 Å². The Morgan fingerprint density at radius 2 is 1.15 bits per heavy atom. The molecular weight excluding hydrogens is 550 g/mol. The van der Waals surface area contributed by atoms with Gasteiger partial charge in [-0.15, -0.1) is 0 Å². The molecule has 33 heavy (non-hydrogen) atoms. The number of amides is 2. The van der Waals surface area contributed by atoms with E-state index in [0.29, 0.717) is 11.4 Å². The van der Waals surface area contributed by atoms with Crippen LogP contribution in [0.15, 0.2) is 72.8 Å². The molecule has 3 aromatic carbocycles. The third kappa shape index (κ3) is 2.49. The van der Waals surface area contributed by atoms with Crippen molar-refractivity contribution in [1.29, 1.82) is 0 Å². The summed E-state index contributed by atoms with van der Waals surface area (Å²) >= 11 is 7.98. The van der Waals surface area contributed by atoms with Crippen LogP contribution in [0.4, 0.5) is 5.69 Å². The molecule has 2 bridgehead atoms. The van der Waals surface area contributed by atoms with Crippen molar-refractivity contribution in [2.75, 3.05) is 4.90 Å². The monoisotopic (exact) mass is 565 g/mol. The number of rotatable bonds is 2. The van der Waals surface area contributed by atoms with Crippen molar-refractivity contribution in [3.05, 3.63) is 95.1 Å². The minimum atomic E-state index is -0.820. The van der Waals surface area contributed by atoms with Crippen molar-refractivity contribution in [2.45, 2.75) is 15.6 Å². The molecule has 7 rings (SSSR count). The summed E-state index contributed by atoms with van der Waals surface area (Å²) in [7, 11) is 0. The number of hydrogen-bond donors (Lipinski definition) is 0. The molecule has 2 amide bonds. The summed E-state index contributed by atoms with van der Waals surface area (Å²) in [5.41, 5.74) is 4.44. The van der Waals surface area contributed by atoms with Gasteiger partial charge in [-0.05, 0) is 46.5 Å². The highest BCUT2D eigenvalue weighted by molar-refractivity contribution is 9.10. The lowest BCUT2D eigenvalue weighted by Crippen LogP contribution is -2.56. The smallest absolute Gasteiger partial charge is 0.308 e. The first-order valence-electron chi connectivity index (χ1n) is 10.5. The van der Waals surface area contributed by atoms with Crippen LogP contribution in [0.5, 0.6) is 5.75 Å². The fraction of sp³-hybridized carbons (Fsp3) is 0.192. The summed E-state index contributed by atoms with van der Waals surface area (Å²) < 4.78 is 3.46. The molecule has 0 saturated carbocycles. The average Bonchev–Trinajstić information content (AvgIpc) is 3.09. The van der Waals surface area contributed by atoms with E-state index in [1.807, 2.05) is 48.5 Å². The number of carbonyl (C=O) groups excluding carboxylic acids is 3. The number of imide groups is 1. The second kappa shape index (κ2) is 6.87. The number of alkyl halides is 2. The number of nitrogens with zero attached hydrogens (tertiary/aromatic N) is 1. The number of halogens is 2. The van der Waals surface area contributed by atoms with Crippen molar-refractivity contribution < 1.29 is 19.1 Å². The molecule has 0 unspecified atom stereocenters. The van der Waals surface area contributed by atoms with Crippen LogP contribution < -0.4 is 9.64 Å². The van der Waals surface area contributed by atoms with Crippen LogP contribution in [0.2, 0.25) is 0 Å². The van der Waals surface area contributed by atoms with E-state index in [-0.39, 0.29) is 11.8 Å². The largest absolute Gasteiger partial charge is 0.427 e. The van der Waals surface area contributed by atoms with Crippen LogP contribution in [0.25, 0.3) is 0 Å². The van der Waals surface area contributed by atoms with Gasteiger partial charge in [0, 0.05) is 6.92 Å². The molecule has 0 spiro atoms. The molecular formula is C26H17Br2NO4.